The highest BCUT2D eigenvalue weighted by Gasteiger charge is 2.38. The molecule has 0 fully saturated rings. The lowest BCUT2D eigenvalue weighted by Crippen LogP contribution is -2.39. The SMILES string of the molecule is C=CCNC1(C#N)CCc2ccc(OC)cc21. The summed E-state index contributed by atoms with van der Waals surface area (Å²) >= 11 is 0. The number of aryl methyl sites for hydroxylation is 1. The third-order valence-electron chi connectivity index (χ3n) is 3.29. The van der Waals surface area contributed by atoms with Crippen LogP contribution in [-0.4, -0.2) is 13.7 Å². The van der Waals surface area contributed by atoms with Crippen LogP contribution in [0.3, 0.4) is 0 Å². The van der Waals surface area contributed by atoms with E-state index in [9.17, 15) is 5.26 Å². The highest BCUT2D eigenvalue weighted by atomic mass is 16.5. The van der Waals surface area contributed by atoms with Crippen LogP contribution in [0.15, 0.2) is 30.9 Å². The Morgan fingerprint density at radius 1 is 1.65 bits per heavy atom. The fourth-order valence-electron chi connectivity index (χ4n) is 2.34. The van der Waals surface area contributed by atoms with Crippen LogP contribution in [0, 0.1) is 11.3 Å². The van der Waals surface area contributed by atoms with Gasteiger partial charge in [-0.25, -0.2) is 0 Å². The predicted molar refractivity (Wildman–Crippen MR) is 66.8 cm³/mol. The fraction of sp³-hybridized carbons (Fsp3) is 0.357. The maximum atomic E-state index is 9.47. The minimum atomic E-state index is -0.585. The second-order valence-electron chi connectivity index (χ2n) is 4.21. The molecule has 1 N–H and O–H groups in total. The first-order chi connectivity index (χ1) is 8.25. The number of ether oxygens (including phenoxy) is 1. The van der Waals surface area contributed by atoms with E-state index in [-0.39, 0.29) is 0 Å². The monoisotopic (exact) mass is 228 g/mol. The number of nitrogens with one attached hydrogen (secondary N) is 1. The second-order valence-corrected chi connectivity index (χ2v) is 4.21. The zero-order valence-corrected chi connectivity index (χ0v) is 9.99. The largest absolute Gasteiger partial charge is 0.497 e. The average Bonchev–Trinajstić information content (AvgIpc) is 2.75. The van der Waals surface area contributed by atoms with Gasteiger partial charge in [0.25, 0.3) is 0 Å². The number of benzene rings is 1. The lowest BCUT2D eigenvalue weighted by Gasteiger charge is -2.23. The van der Waals surface area contributed by atoms with Gasteiger partial charge < -0.3 is 4.74 Å². The molecule has 1 atom stereocenters. The van der Waals surface area contributed by atoms with Gasteiger partial charge in [-0.2, -0.15) is 5.26 Å². The van der Waals surface area contributed by atoms with Crippen LogP contribution in [0.25, 0.3) is 0 Å². The van der Waals surface area contributed by atoms with Gasteiger partial charge in [-0.05, 0) is 36.1 Å². The Hall–Kier alpha value is -1.79. The minimum Gasteiger partial charge on any atom is -0.497 e. The lowest BCUT2D eigenvalue weighted by atomic mass is 9.93. The summed E-state index contributed by atoms with van der Waals surface area (Å²) in [6.45, 7) is 4.31. The quantitative estimate of drug-likeness (QED) is 0.803. The van der Waals surface area contributed by atoms with E-state index < -0.39 is 5.54 Å². The van der Waals surface area contributed by atoms with E-state index >= 15 is 0 Å². The van der Waals surface area contributed by atoms with Gasteiger partial charge >= 0.3 is 0 Å². The highest BCUT2D eigenvalue weighted by molar-refractivity contribution is 5.47. The number of nitrogens with zero attached hydrogens (tertiary/aromatic N) is 1. The molecule has 0 spiro atoms. The van der Waals surface area contributed by atoms with Gasteiger partial charge in [0.05, 0.1) is 13.2 Å². The molecule has 0 radical (unpaired) electrons. The number of rotatable bonds is 4. The molecular formula is C14H16N2O. The van der Waals surface area contributed by atoms with Crippen molar-refractivity contribution in [3.8, 4) is 11.8 Å². The summed E-state index contributed by atoms with van der Waals surface area (Å²) < 4.78 is 5.22. The summed E-state index contributed by atoms with van der Waals surface area (Å²) in [6.07, 6.45) is 3.51. The van der Waals surface area contributed by atoms with Crippen LogP contribution in [0.5, 0.6) is 5.75 Å². The molecule has 2 rings (SSSR count). The number of hydrogen-bond acceptors (Lipinski definition) is 3. The third kappa shape index (κ3) is 1.92. The first-order valence-corrected chi connectivity index (χ1v) is 5.70. The van der Waals surface area contributed by atoms with Crippen molar-refractivity contribution in [3.63, 3.8) is 0 Å². The molecule has 0 aromatic heterocycles. The highest BCUT2D eigenvalue weighted by Crippen LogP contribution is 2.38. The maximum Gasteiger partial charge on any atom is 0.133 e. The molecule has 17 heavy (non-hydrogen) atoms. The molecule has 0 saturated heterocycles. The van der Waals surface area contributed by atoms with Crippen molar-refractivity contribution in [2.24, 2.45) is 0 Å². The zero-order chi connectivity index (χ0) is 12.3. The molecule has 0 heterocycles. The number of methoxy groups -OCH3 is 1. The van der Waals surface area contributed by atoms with E-state index in [0.29, 0.717) is 6.54 Å². The standard InChI is InChI=1S/C14H16N2O/c1-3-8-16-14(10-15)7-6-11-4-5-12(17-2)9-13(11)14/h3-5,9,16H,1,6-8H2,2H3. The van der Waals surface area contributed by atoms with Crippen LogP contribution in [0.2, 0.25) is 0 Å². The van der Waals surface area contributed by atoms with Crippen molar-refractivity contribution in [1.82, 2.24) is 5.32 Å². The summed E-state index contributed by atoms with van der Waals surface area (Å²) in [5.74, 6) is 0.797. The Morgan fingerprint density at radius 2 is 2.47 bits per heavy atom. The summed E-state index contributed by atoms with van der Waals surface area (Å²) in [5, 5.41) is 12.7. The van der Waals surface area contributed by atoms with Crippen LogP contribution >= 0.6 is 0 Å². The number of nitriles is 1. The number of fused-ring (bicyclic) bond motifs is 1. The average molecular weight is 228 g/mol. The summed E-state index contributed by atoms with van der Waals surface area (Å²) in [6, 6.07) is 8.35. The molecule has 3 nitrogen and oxygen atoms in total. The summed E-state index contributed by atoms with van der Waals surface area (Å²) in [7, 11) is 1.64. The molecule has 0 bridgehead atoms. The van der Waals surface area contributed by atoms with Crippen LogP contribution < -0.4 is 10.1 Å². The minimum absolute atomic E-state index is 0.585. The molecule has 3 heteroatoms. The first kappa shape index (κ1) is 11.7. The van der Waals surface area contributed by atoms with E-state index in [4.69, 9.17) is 4.74 Å². The van der Waals surface area contributed by atoms with Crippen molar-refractivity contribution in [1.29, 1.82) is 5.26 Å². The van der Waals surface area contributed by atoms with Crippen molar-refractivity contribution in [2.45, 2.75) is 18.4 Å². The topological polar surface area (TPSA) is 45.0 Å². The van der Waals surface area contributed by atoms with Gasteiger partial charge in [0, 0.05) is 6.54 Å². The molecular weight excluding hydrogens is 212 g/mol. The molecule has 1 aliphatic carbocycles. The molecule has 1 aromatic carbocycles. The molecule has 0 saturated carbocycles. The molecule has 1 unspecified atom stereocenters. The summed E-state index contributed by atoms with van der Waals surface area (Å²) in [5.41, 5.74) is 1.68. The normalized spacial score (nSPS) is 21.6. The fourth-order valence-corrected chi connectivity index (χ4v) is 2.34. The van der Waals surface area contributed by atoms with Gasteiger partial charge in [-0.3, -0.25) is 5.32 Å². The van der Waals surface area contributed by atoms with Crippen molar-refractivity contribution < 1.29 is 4.74 Å². The molecule has 0 amide bonds. The van der Waals surface area contributed by atoms with Crippen LogP contribution in [-0.2, 0) is 12.0 Å². The van der Waals surface area contributed by atoms with E-state index in [1.165, 1.54) is 5.56 Å². The Balaban J connectivity index is 2.42. The van der Waals surface area contributed by atoms with Gasteiger partial charge in [0.15, 0.2) is 0 Å². The number of hydrogen-bond donors (Lipinski definition) is 1. The van der Waals surface area contributed by atoms with Gasteiger partial charge in [-0.15, -0.1) is 6.58 Å². The lowest BCUT2D eigenvalue weighted by molar-refractivity contribution is 0.409. The van der Waals surface area contributed by atoms with Gasteiger partial charge in [-0.1, -0.05) is 12.1 Å². The third-order valence-corrected chi connectivity index (χ3v) is 3.29. The zero-order valence-electron chi connectivity index (χ0n) is 9.99. The molecule has 88 valence electrons. The Morgan fingerprint density at radius 3 is 3.12 bits per heavy atom. The smallest absolute Gasteiger partial charge is 0.133 e. The van der Waals surface area contributed by atoms with E-state index in [1.54, 1.807) is 13.2 Å². The van der Waals surface area contributed by atoms with Crippen LogP contribution in [0.4, 0.5) is 0 Å². The van der Waals surface area contributed by atoms with Crippen LogP contribution in [0.1, 0.15) is 17.5 Å². The Kier molecular flexibility index (Phi) is 3.16. The molecule has 0 aliphatic heterocycles. The van der Waals surface area contributed by atoms with E-state index in [0.717, 1.165) is 24.2 Å². The van der Waals surface area contributed by atoms with Gasteiger partial charge in [0.1, 0.15) is 11.3 Å². The maximum absolute atomic E-state index is 9.47. The summed E-state index contributed by atoms with van der Waals surface area (Å²) in [4.78, 5) is 0. The molecule has 1 aliphatic rings. The van der Waals surface area contributed by atoms with Crippen molar-refractivity contribution in [2.75, 3.05) is 13.7 Å². The first-order valence-electron chi connectivity index (χ1n) is 5.70. The molecule has 1 aromatic rings. The second kappa shape index (κ2) is 4.60. The van der Waals surface area contributed by atoms with E-state index in [2.05, 4.69) is 18.0 Å². The van der Waals surface area contributed by atoms with Crippen molar-refractivity contribution in [3.05, 3.63) is 42.0 Å². The predicted octanol–water partition coefficient (Wildman–Crippen LogP) is 2.14. The van der Waals surface area contributed by atoms with Crippen molar-refractivity contribution >= 4 is 0 Å². The van der Waals surface area contributed by atoms with Gasteiger partial charge in [0.2, 0.25) is 0 Å². The Labute approximate surface area is 102 Å². The van der Waals surface area contributed by atoms with E-state index in [1.807, 2.05) is 18.2 Å². The Bertz CT molecular complexity index is 476.